The van der Waals surface area contributed by atoms with Crippen LogP contribution >= 0.6 is 0 Å². The molecule has 0 heterocycles. The molecule has 0 saturated carbocycles. The normalized spacial score (nSPS) is 9.47. The first-order chi connectivity index (χ1) is 7.26. The molecular formula is C11H15N2O2. The van der Waals surface area contributed by atoms with Crippen LogP contribution in [0.4, 0.5) is 10.5 Å². The van der Waals surface area contributed by atoms with E-state index in [1.807, 2.05) is 19.1 Å². The molecule has 4 nitrogen and oxygen atoms in total. The molecule has 0 saturated heterocycles. The van der Waals surface area contributed by atoms with E-state index in [1.165, 1.54) is 0 Å². The minimum absolute atomic E-state index is 0.255. The Morgan fingerprint density at radius 1 is 1.40 bits per heavy atom. The Kier molecular flexibility index (Phi) is 4.47. The van der Waals surface area contributed by atoms with Crippen molar-refractivity contribution in [2.45, 2.75) is 6.92 Å². The first kappa shape index (κ1) is 11.4. The van der Waals surface area contributed by atoms with Gasteiger partial charge < -0.3 is 15.4 Å². The number of carbonyl (C=O) groups is 1. The summed E-state index contributed by atoms with van der Waals surface area (Å²) >= 11 is 0. The van der Waals surface area contributed by atoms with Gasteiger partial charge in [0, 0.05) is 12.2 Å². The Morgan fingerprint density at radius 2 is 2.07 bits per heavy atom. The number of rotatable bonds is 4. The van der Waals surface area contributed by atoms with Gasteiger partial charge in [0.2, 0.25) is 0 Å². The zero-order valence-corrected chi connectivity index (χ0v) is 8.75. The van der Waals surface area contributed by atoms with Crippen LogP contribution in [0.1, 0.15) is 6.92 Å². The Morgan fingerprint density at radius 3 is 2.60 bits per heavy atom. The molecule has 0 aliphatic carbocycles. The predicted octanol–water partition coefficient (Wildman–Crippen LogP) is 2.04. The van der Waals surface area contributed by atoms with Gasteiger partial charge in [0.1, 0.15) is 5.75 Å². The summed E-state index contributed by atoms with van der Waals surface area (Å²) in [5, 5.41) is 5.21. The third kappa shape index (κ3) is 3.89. The largest absolute Gasteiger partial charge is 0.494 e. The summed E-state index contributed by atoms with van der Waals surface area (Å²) in [6.07, 6.45) is 0. The molecule has 1 aromatic rings. The second-order valence-corrected chi connectivity index (χ2v) is 2.84. The van der Waals surface area contributed by atoms with Gasteiger partial charge in [-0.1, -0.05) is 0 Å². The van der Waals surface area contributed by atoms with Crippen molar-refractivity contribution in [3.63, 3.8) is 0 Å². The average Bonchev–Trinajstić information content (AvgIpc) is 2.22. The lowest BCUT2D eigenvalue weighted by Gasteiger charge is -2.07. The number of ether oxygens (including phenoxy) is 1. The van der Waals surface area contributed by atoms with Gasteiger partial charge in [0.25, 0.3) is 0 Å². The molecule has 15 heavy (non-hydrogen) atoms. The number of hydrogen-bond acceptors (Lipinski definition) is 2. The van der Waals surface area contributed by atoms with E-state index in [1.54, 1.807) is 12.1 Å². The molecule has 4 heteroatoms. The van der Waals surface area contributed by atoms with E-state index in [9.17, 15) is 4.79 Å². The lowest BCUT2D eigenvalue weighted by atomic mass is 10.3. The molecule has 0 bridgehead atoms. The highest BCUT2D eigenvalue weighted by Gasteiger charge is 1.99. The third-order valence-corrected chi connectivity index (χ3v) is 1.71. The van der Waals surface area contributed by atoms with E-state index in [-0.39, 0.29) is 6.03 Å². The summed E-state index contributed by atoms with van der Waals surface area (Å²) in [6, 6.07) is 6.93. The van der Waals surface area contributed by atoms with Crippen LogP contribution in [0.3, 0.4) is 0 Å². The molecule has 0 spiro atoms. The number of nitrogens with one attached hydrogen (secondary N) is 2. The summed E-state index contributed by atoms with van der Waals surface area (Å²) < 4.78 is 5.27. The van der Waals surface area contributed by atoms with Crippen molar-refractivity contribution in [3.05, 3.63) is 31.2 Å². The topological polar surface area (TPSA) is 50.4 Å². The third-order valence-electron chi connectivity index (χ3n) is 1.71. The molecule has 81 valence electrons. The van der Waals surface area contributed by atoms with Crippen LogP contribution in [0.2, 0.25) is 0 Å². The lowest BCUT2D eigenvalue weighted by Crippen LogP contribution is -2.28. The highest BCUT2D eigenvalue weighted by atomic mass is 16.5. The molecule has 1 aromatic carbocycles. The number of benzene rings is 1. The van der Waals surface area contributed by atoms with Crippen molar-refractivity contribution in [3.8, 4) is 5.75 Å². The fourth-order valence-electron chi connectivity index (χ4n) is 1.09. The summed E-state index contributed by atoms with van der Waals surface area (Å²) in [7, 11) is 0. The Balaban J connectivity index is 2.52. The maximum absolute atomic E-state index is 11.1. The average molecular weight is 207 g/mol. The van der Waals surface area contributed by atoms with Crippen molar-refractivity contribution in [1.29, 1.82) is 0 Å². The summed E-state index contributed by atoms with van der Waals surface area (Å²) in [5.74, 6) is 0.792. The zero-order valence-electron chi connectivity index (χ0n) is 8.75. The Labute approximate surface area is 89.6 Å². The molecule has 0 fully saturated rings. The van der Waals surface area contributed by atoms with Crippen LogP contribution < -0.4 is 15.4 Å². The molecule has 1 radical (unpaired) electrons. The van der Waals surface area contributed by atoms with E-state index in [0.717, 1.165) is 11.4 Å². The van der Waals surface area contributed by atoms with E-state index in [2.05, 4.69) is 17.6 Å². The summed E-state index contributed by atoms with van der Waals surface area (Å²) in [6.45, 7) is 6.44. The van der Waals surface area contributed by atoms with Crippen LogP contribution in [-0.4, -0.2) is 19.2 Å². The van der Waals surface area contributed by atoms with E-state index in [0.29, 0.717) is 13.2 Å². The molecule has 0 atom stereocenters. The summed E-state index contributed by atoms with van der Waals surface area (Å²) in [4.78, 5) is 11.1. The van der Waals surface area contributed by atoms with Gasteiger partial charge in [-0.05, 0) is 38.1 Å². The Bertz CT molecular complexity index is 309. The van der Waals surface area contributed by atoms with Crippen molar-refractivity contribution in [2.24, 2.45) is 0 Å². The minimum atomic E-state index is -0.255. The highest BCUT2D eigenvalue weighted by molar-refractivity contribution is 5.89. The predicted molar refractivity (Wildman–Crippen MR) is 60.0 cm³/mol. The smallest absolute Gasteiger partial charge is 0.319 e. The van der Waals surface area contributed by atoms with Crippen molar-refractivity contribution in [2.75, 3.05) is 18.5 Å². The summed E-state index contributed by atoms with van der Waals surface area (Å²) in [5.41, 5.74) is 0.726. The SMILES string of the molecule is [CH2]CNC(=O)Nc1ccc(OCC)cc1. The van der Waals surface area contributed by atoms with Crippen LogP contribution in [0.5, 0.6) is 5.75 Å². The minimum Gasteiger partial charge on any atom is -0.494 e. The van der Waals surface area contributed by atoms with Gasteiger partial charge in [-0.3, -0.25) is 0 Å². The van der Waals surface area contributed by atoms with E-state index in [4.69, 9.17) is 4.74 Å². The number of hydrogen-bond donors (Lipinski definition) is 2. The quantitative estimate of drug-likeness (QED) is 0.793. The van der Waals surface area contributed by atoms with Gasteiger partial charge >= 0.3 is 6.03 Å². The fraction of sp³-hybridized carbons (Fsp3) is 0.273. The second kappa shape index (κ2) is 5.90. The maximum Gasteiger partial charge on any atom is 0.319 e. The number of amides is 2. The van der Waals surface area contributed by atoms with Crippen LogP contribution in [0, 0.1) is 6.92 Å². The highest BCUT2D eigenvalue weighted by Crippen LogP contribution is 2.15. The van der Waals surface area contributed by atoms with Gasteiger partial charge in [0.05, 0.1) is 6.61 Å². The number of anilines is 1. The molecule has 2 N–H and O–H groups in total. The van der Waals surface area contributed by atoms with Crippen molar-refractivity contribution >= 4 is 11.7 Å². The molecule has 0 unspecified atom stereocenters. The maximum atomic E-state index is 11.1. The number of carbonyl (C=O) groups excluding carboxylic acids is 1. The first-order valence-corrected chi connectivity index (χ1v) is 4.83. The monoisotopic (exact) mass is 207 g/mol. The van der Waals surface area contributed by atoms with Crippen LogP contribution in [0.15, 0.2) is 24.3 Å². The number of urea groups is 1. The molecular weight excluding hydrogens is 192 g/mol. The fourth-order valence-corrected chi connectivity index (χ4v) is 1.09. The lowest BCUT2D eigenvalue weighted by molar-refractivity contribution is 0.253. The van der Waals surface area contributed by atoms with Gasteiger partial charge in [0.15, 0.2) is 0 Å². The van der Waals surface area contributed by atoms with Gasteiger partial charge in [-0.15, -0.1) is 0 Å². The van der Waals surface area contributed by atoms with E-state index >= 15 is 0 Å². The van der Waals surface area contributed by atoms with Crippen molar-refractivity contribution in [1.82, 2.24) is 5.32 Å². The van der Waals surface area contributed by atoms with Crippen LogP contribution in [-0.2, 0) is 0 Å². The molecule has 1 rings (SSSR count). The van der Waals surface area contributed by atoms with Gasteiger partial charge in [-0.25, -0.2) is 4.79 Å². The molecule has 2 amide bonds. The van der Waals surface area contributed by atoms with Crippen molar-refractivity contribution < 1.29 is 9.53 Å². The second-order valence-electron chi connectivity index (χ2n) is 2.84. The zero-order chi connectivity index (χ0) is 11.1. The van der Waals surface area contributed by atoms with E-state index < -0.39 is 0 Å². The first-order valence-electron chi connectivity index (χ1n) is 4.83. The molecule has 0 aliphatic rings. The Hall–Kier alpha value is -1.71. The van der Waals surface area contributed by atoms with Crippen LogP contribution in [0.25, 0.3) is 0 Å². The standard InChI is InChI=1S/C11H15N2O2/c1-3-12-11(14)13-9-5-7-10(8-6-9)15-4-2/h5-8H,1,3-4H2,2H3,(H2,12,13,14). The molecule has 0 aromatic heterocycles. The molecule has 0 aliphatic heterocycles. The van der Waals surface area contributed by atoms with Gasteiger partial charge in [-0.2, -0.15) is 0 Å².